The fourth-order valence-corrected chi connectivity index (χ4v) is 6.38. The first-order valence-electron chi connectivity index (χ1n) is 10.1. The Labute approximate surface area is 166 Å². The third-order valence-electron chi connectivity index (χ3n) is 7.12. The number of rotatable bonds is 3. The summed E-state index contributed by atoms with van der Waals surface area (Å²) in [5, 5.41) is 11.5. The van der Waals surface area contributed by atoms with Gasteiger partial charge in [-0.2, -0.15) is 0 Å². The summed E-state index contributed by atoms with van der Waals surface area (Å²) in [6.45, 7) is 0.0167. The second-order valence-electron chi connectivity index (χ2n) is 9.06. The summed E-state index contributed by atoms with van der Waals surface area (Å²) in [5.41, 5.74) is 0.0632. The molecule has 4 saturated carbocycles. The molecule has 0 N–H and O–H groups in total. The summed E-state index contributed by atoms with van der Waals surface area (Å²) in [6.07, 6.45) is 8.37. The Balaban J connectivity index is 1.38. The minimum absolute atomic E-state index is 0.0167. The van der Waals surface area contributed by atoms with E-state index in [4.69, 9.17) is 14.2 Å². The minimum atomic E-state index is -0.539. The fourth-order valence-electron chi connectivity index (χ4n) is 6.38. The van der Waals surface area contributed by atoms with Crippen LogP contribution in [0.1, 0.15) is 44.1 Å². The van der Waals surface area contributed by atoms with Gasteiger partial charge in [0.25, 0.3) is 5.69 Å². The number of cyclic esters (lactones) is 1. The number of nitro benzene ring substituents is 1. The summed E-state index contributed by atoms with van der Waals surface area (Å²) in [5.74, 6) is 2.82. The summed E-state index contributed by atoms with van der Waals surface area (Å²) in [4.78, 5) is 28.1. The highest BCUT2D eigenvalue weighted by Crippen LogP contribution is 2.61. The first-order valence-corrected chi connectivity index (χ1v) is 10.1. The van der Waals surface area contributed by atoms with Crippen molar-refractivity contribution in [1.82, 2.24) is 0 Å². The zero-order chi connectivity index (χ0) is 19.8. The van der Waals surface area contributed by atoms with Crippen molar-refractivity contribution in [3.05, 3.63) is 33.5 Å². The van der Waals surface area contributed by atoms with Gasteiger partial charge in [0.15, 0.2) is 17.2 Å². The second-order valence-corrected chi connectivity index (χ2v) is 9.06. The van der Waals surface area contributed by atoms with Gasteiger partial charge in [-0.05, 0) is 68.4 Å². The average Bonchev–Trinajstić information content (AvgIpc) is 3.26. The van der Waals surface area contributed by atoms with Gasteiger partial charge in [0.05, 0.1) is 16.6 Å². The molecule has 29 heavy (non-hydrogen) atoms. The van der Waals surface area contributed by atoms with Gasteiger partial charge in [-0.15, -0.1) is 0 Å². The Hall–Kier alpha value is -2.90. The number of hydrogen-bond acceptors (Lipinski definition) is 7. The van der Waals surface area contributed by atoms with Gasteiger partial charge >= 0.3 is 5.97 Å². The first kappa shape index (κ1) is 17.0. The van der Waals surface area contributed by atoms with E-state index in [-0.39, 0.29) is 29.2 Å². The van der Waals surface area contributed by atoms with Crippen molar-refractivity contribution in [2.45, 2.75) is 38.5 Å². The Bertz CT molecular complexity index is 975. The molecule has 2 aliphatic heterocycles. The quantitative estimate of drug-likeness (QED) is 0.333. The molecule has 4 bridgehead atoms. The molecule has 7 rings (SSSR count). The molecule has 0 saturated heterocycles. The van der Waals surface area contributed by atoms with Crippen LogP contribution in [-0.2, 0) is 9.53 Å². The third-order valence-corrected chi connectivity index (χ3v) is 7.12. The van der Waals surface area contributed by atoms with Crippen molar-refractivity contribution in [2.24, 2.45) is 28.2 Å². The number of fused-ring (bicyclic) bond motifs is 1. The van der Waals surface area contributed by atoms with Gasteiger partial charge in [-0.25, -0.2) is 9.79 Å². The number of nitrogens with zero attached hydrogens (tertiary/aromatic N) is 2. The van der Waals surface area contributed by atoms with E-state index in [1.807, 2.05) is 0 Å². The standard InChI is InChI=1S/C21H20N2O6/c24-19-15(4-14-5-17-18(28-10-27-17)6-16(14)23(25)26)22-20(29-19)21-7-11-1-12(8-21)3-13(2-11)9-21/h4-6,11-13H,1-3,7-10H2/b15-4-. The number of carbonyl (C=O) groups is 1. The number of benzene rings is 1. The van der Waals surface area contributed by atoms with Crippen LogP contribution in [0.15, 0.2) is 22.8 Å². The molecule has 0 aromatic heterocycles. The molecule has 1 aromatic rings. The van der Waals surface area contributed by atoms with E-state index < -0.39 is 10.9 Å². The Morgan fingerprint density at radius 2 is 1.69 bits per heavy atom. The van der Waals surface area contributed by atoms with E-state index in [0.29, 0.717) is 35.2 Å². The molecule has 1 aromatic carbocycles. The summed E-state index contributed by atoms with van der Waals surface area (Å²) in [7, 11) is 0. The molecule has 0 radical (unpaired) electrons. The van der Waals surface area contributed by atoms with Crippen LogP contribution in [-0.4, -0.2) is 23.6 Å². The number of carbonyl (C=O) groups excluding carboxylic acids is 1. The lowest BCUT2D eigenvalue weighted by molar-refractivity contribution is -0.385. The highest BCUT2D eigenvalue weighted by atomic mass is 16.7. The van der Waals surface area contributed by atoms with Crippen molar-refractivity contribution >= 4 is 23.6 Å². The van der Waals surface area contributed by atoms with Crippen LogP contribution in [0.25, 0.3) is 6.08 Å². The predicted molar refractivity (Wildman–Crippen MR) is 101 cm³/mol. The van der Waals surface area contributed by atoms with E-state index in [0.717, 1.165) is 19.3 Å². The van der Waals surface area contributed by atoms with Crippen molar-refractivity contribution in [1.29, 1.82) is 0 Å². The number of nitro groups is 1. The Kier molecular flexibility index (Phi) is 3.40. The van der Waals surface area contributed by atoms with Gasteiger partial charge < -0.3 is 14.2 Å². The van der Waals surface area contributed by atoms with Gasteiger partial charge in [0, 0.05) is 5.41 Å². The molecule has 8 nitrogen and oxygen atoms in total. The van der Waals surface area contributed by atoms with Crippen LogP contribution in [0.2, 0.25) is 0 Å². The molecule has 8 heteroatoms. The van der Waals surface area contributed by atoms with Gasteiger partial charge in [0.2, 0.25) is 12.7 Å². The molecular weight excluding hydrogens is 376 g/mol. The van der Waals surface area contributed by atoms with Crippen LogP contribution in [0, 0.1) is 33.3 Å². The maximum absolute atomic E-state index is 12.6. The minimum Gasteiger partial charge on any atom is -0.454 e. The molecular formula is C21H20N2O6. The van der Waals surface area contributed by atoms with Gasteiger partial charge in [-0.1, -0.05) is 0 Å². The largest absolute Gasteiger partial charge is 0.454 e. The number of aliphatic imine (C=N–C) groups is 1. The first-order chi connectivity index (χ1) is 14.0. The number of hydrogen-bond donors (Lipinski definition) is 0. The van der Waals surface area contributed by atoms with Gasteiger partial charge in [0.1, 0.15) is 0 Å². The average molecular weight is 396 g/mol. The zero-order valence-corrected chi connectivity index (χ0v) is 15.8. The van der Waals surface area contributed by atoms with Crippen LogP contribution in [0.4, 0.5) is 5.69 Å². The summed E-state index contributed by atoms with van der Waals surface area (Å²) in [6, 6.07) is 2.83. The fraction of sp³-hybridized carbons (Fsp3) is 0.524. The van der Waals surface area contributed by atoms with E-state index in [1.54, 1.807) is 0 Å². The normalized spacial score (nSPS) is 35.2. The second kappa shape index (κ2) is 5.81. The maximum Gasteiger partial charge on any atom is 0.363 e. The van der Waals surface area contributed by atoms with Crippen molar-refractivity contribution in [3.63, 3.8) is 0 Å². The third kappa shape index (κ3) is 2.58. The highest BCUT2D eigenvalue weighted by molar-refractivity contribution is 6.09. The smallest absolute Gasteiger partial charge is 0.363 e. The van der Waals surface area contributed by atoms with Crippen LogP contribution >= 0.6 is 0 Å². The van der Waals surface area contributed by atoms with Crippen molar-refractivity contribution in [2.75, 3.05) is 6.79 Å². The monoisotopic (exact) mass is 396 g/mol. The SMILES string of the molecule is O=C1OC(C23CC4CC(CC(C4)C2)C3)=N/C1=C\c1cc2c(cc1[N+](=O)[O-])OCO2. The molecule has 150 valence electrons. The predicted octanol–water partition coefficient (Wildman–Crippen LogP) is 3.84. The molecule has 2 heterocycles. The zero-order valence-electron chi connectivity index (χ0n) is 15.8. The summed E-state index contributed by atoms with van der Waals surface area (Å²) >= 11 is 0. The van der Waals surface area contributed by atoms with E-state index in [9.17, 15) is 14.9 Å². The molecule has 0 amide bonds. The number of ether oxygens (including phenoxy) is 3. The van der Waals surface area contributed by atoms with E-state index in [2.05, 4.69) is 4.99 Å². The molecule has 4 fully saturated rings. The topological polar surface area (TPSA) is 100 Å². The Morgan fingerprint density at radius 1 is 1.07 bits per heavy atom. The lowest BCUT2D eigenvalue weighted by Gasteiger charge is -2.55. The van der Waals surface area contributed by atoms with Crippen molar-refractivity contribution in [3.8, 4) is 11.5 Å². The Morgan fingerprint density at radius 3 is 2.31 bits per heavy atom. The van der Waals surface area contributed by atoms with Gasteiger partial charge in [-0.3, -0.25) is 10.1 Å². The maximum atomic E-state index is 12.6. The lowest BCUT2D eigenvalue weighted by atomic mass is 9.49. The van der Waals surface area contributed by atoms with Crippen LogP contribution < -0.4 is 9.47 Å². The van der Waals surface area contributed by atoms with Crippen LogP contribution in [0.3, 0.4) is 0 Å². The molecule has 0 unspecified atom stereocenters. The number of esters is 1. The van der Waals surface area contributed by atoms with E-state index in [1.165, 1.54) is 37.5 Å². The van der Waals surface area contributed by atoms with E-state index >= 15 is 0 Å². The molecule has 0 atom stereocenters. The molecule has 0 spiro atoms. The highest BCUT2D eigenvalue weighted by Gasteiger charge is 2.55. The van der Waals surface area contributed by atoms with Crippen molar-refractivity contribution < 1.29 is 23.9 Å². The molecule has 4 aliphatic carbocycles. The lowest BCUT2D eigenvalue weighted by Crippen LogP contribution is -2.50. The summed E-state index contributed by atoms with van der Waals surface area (Å²) < 4.78 is 16.2. The molecule has 6 aliphatic rings. The van der Waals surface area contributed by atoms with Crippen LogP contribution in [0.5, 0.6) is 11.5 Å².